The van der Waals surface area contributed by atoms with Crippen LogP contribution in [-0.2, 0) is 17.1 Å². The molecule has 3 radical (unpaired) electrons. The van der Waals surface area contributed by atoms with E-state index < -0.39 is 18.4 Å². The minimum atomic E-state index is -2.08. The Morgan fingerprint density at radius 1 is 1.00 bits per heavy atom. The van der Waals surface area contributed by atoms with Gasteiger partial charge in [0, 0.05) is 0 Å². The summed E-state index contributed by atoms with van der Waals surface area (Å²) in [5, 5.41) is 1.26. The molecule has 25 heavy (non-hydrogen) atoms. The summed E-state index contributed by atoms with van der Waals surface area (Å²) < 4.78 is 1.54. The molecule has 0 saturated carbocycles. The average molecular weight is 490 g/mol. The Kier molecular flexibility index (Phi) is 9.56. The third-order valence-electron chi connectivity index (χ3n) is 3.58. The molecule has 0 aliphatic rings. The summed E-state index contributed by atoms with van der Waals surface area (Å²) >= 11 is -2.08. The minimum Gasteiger partial charge on any atom is -0.214 e. The van der Waals surface area contributed by atoms with E-state index in [-0.39, 0.29) is 17.1 Å². The second kappa shape index (κ2) is 10.9. The van der Waals surface area contributed by atoms with Crippen LogP contribution in [-0.4, -0.2) is 28.6 Å². The van der Waals surface area contributed by atoms with Crippen LogP contribution >= 0.6 is 0 Å². The van der Waals surface area contributed by atoms with Crippen molar-refractivity contribution < 1.29 is 17.1 Å². The summed E-state index contributed by atoms with van der Waals surface area (Å²) in [4.78, 5) is 7.31. The molecule has 0 aliphatic carbocycles. The van der Waals surface area contributed by atoms with Crippen LogP contribution in [0.5, 0.6) is 0 Å². The van der Waals surface area contributed by atoms with E-state index in [2.05, 4.69) is 61.1 Å². The molecule has 0 spiro atoms. The maximum Gasteiger partial charge on any atom is 2.00 e. The fourth-order valence-electron chi connectivity index (χ4n) is 2.55. The maximum absolute atomic E-state index is 3.74. The summed E-state index contributed by atoms with van der Waals surface area (Å²) in [6.45, 7) is 0. The fraction of sp³-hybridized carbons (Fsp3) is 0.136. The third-order valence-corrected chi connectivity index (χ3v) is 10.6. The molecular weight excluding hydrogens is 467 g/mol. The topological polar surface area (TPSA) is 0 Å². The van der Waals surface area contributed by atoms with E-state index in [4.69, 9.17) is 0 Å². The van der Waals surface area contributed by atoms with E-state index in [1.54, 1.807) is 3.58 Å². The standard InChI is InChI=1S/C14H9Si.C5H5.3CH3.Fe.Sn/c15-14-10-9-13(11-14)8-4-7-12-5-2-1-3-6-12;1-2-4-5-3-1;;;;;/h1-3,5-10H;1-5H;3*1H3;;/q2*-1;;;;+2;. The van der Waals surface area contributed by atoms with Crippen molar-refractivity contribution in [3.63, 3.8) is 0 Å². The summed E-state index contributed by atoms with van der Waals surface area (Å²) in [5.74, 6) is 0. The Labute approximate surface area is 170 Å². The van der Waals surface area contributed by atoms with Crippen LogP contribution in [0.3, 0.4) is 0 Å². The van der Waals surface area contributed by atoms with Gasteiger partial charge in [0.2, 0.25) is 0 Å². The van der Waals surface area contributed by atoms with Crippen LogP contribution in [0.1, 0.15) is 11.1 Å². The predicted molar refractivity (Wildman–Crippen MR) is 111 cm³/mol. The van der Waals surface area contributed by atoms with Crippen molar-refractivity contribution in [3.05, 3.63) is 89.7 Å². The quantitative estimate of drug-likeness (QED) is 0.289. The van der Waals surface area contributed by atoms with Gasteiger partial charge in [-0.15, -0.1) is 0 Å². The van der Waals surface area contributed by atoms with E-state index in [1.165, 1.54) is 16.3 Å². The van der Waals surface area contributed by atoms with E-state index in [1.807, 2.05) is 54.6 Å². The Balaban J connectivity index is 0.000000448. The normalized spacial score (nSPS) is 9.92. The number of benzene rings is 1. The predicted octanol–water partition coefficient (Wildman–Crippen LogP) is 4.47. The maximum atomic E-state index is 3.74. The molecule has 3 aromatic carbocycles. The molecule has 0 bridgehead atoms. The molecule has 3 rings (SSSR count). The van der Waals surface area contributed by atoms with Crippen LogP contribution in [0, 0.1) is 0 Å². The summed E-state index contributed by atoms with van der Waals surface area (Å²) in [6.07, 6.45) is 4.14. The summed E-state index contributed by atoms with van der Waals surface area (Å²) in [5.41, 5.74) is 5.81. The minimum absolute atomic E-state index is 0. The second-order valence-corrected chi connectivity index (χ2v) is 21.5. The molecule has 0 aromatic heterocycles. The van der Waals surface area contributed by atoms with Gasteiger partial charge in [0.15, 0.2) is 0 Å². The van der Waals surface area contributed by atoms with Gasteiger partial charge in [-0.25, -0.2) is 12.1 Å². The van der Waals surface area contributed by atoms with Gasteiger partial charge in [-0.05, 0) is 0 Å². The van der Waals surface area contributed by atoms with Crippen molar-refractivity contribution in [3.8, 4) is 0 Å². The zero-order chi connectivity index (χ0) is 17.4. The van der Waals surface area contributed by atoms with E-state index in [0.29, 0.717) is 0 Å². The van der Waals surface area contributed by atoms with E-state index >= 15 is 0 Å². The summed E-state index contributed by atoms with van der Waals surface area (Å²) in [7, 11) is 3.74. The van der Waals surface area contributed by atoms with Crippen molar-refractivity contribution in [2.75, 3.05) is 0 Å². The molecule has 0 fully saturated rings. The molecule has 0 aliphatic heterocycles. The van der Waals surface area contributed by atoms with Gasteiger partial charge in [0.25, 0.3) is 0 Å². The Hall–Kier alpha value is -1.02. The molecule has 0 unspecified atom stereocenters. The van der Waals surface area contributed by atoms with Gasteiger partial charge in [-0.1, -0.05) is 0 Å². The first-order valence-electron chi connectivity index (χ1n) is 8.14. The monoisotopic (exact) mass is 491 g/mol. The Morgan fingerprint density at radius 2 is 1.64 bits per heavy atom. The van der Waals surface area contributed by atoms with Gasteiger partial charge in [-0.3, -0.25) is 0 Å². The fourth-order valence-corrected chi connectivity index (χ4v) is 10.8. The van der Waals surface area contributed by atoms with Gasteiger partial charge in [0.05, 0.1) is 0 Å². The first-order chi connectivity index (χ1) is 11.5. The molecule has 0 amide bonds. The number of rotatable bonds is 3. The number of hydrogen-bond acceptors (Lipinski definition) is 0. The molecule has 0 heterocycles. The van der Waals surface area contributed by atoms with Crippen molar-refractivity contribution in [1.82, 2.24) is 0 Å². The summed E-state index contributed by atoms with van der Waals surface area (Å²) in [6, 6.07) is 24.6. The zero-order valence-corrected chi connectivity index (χ0v) is 19.9. The largest absolute Gasteiger partial charge is 2.00 e. The molecule has 0 saturated heterocycles. The van der Waals surface area contributed by atoms with E-state index in [0.717, 1.165) is 0 Å². The SMILES string of the molecule is [CH3][Sn]([CH3])([CH3])[c]1c([Si])cc[c-]1C=C=Cc1ccccc1.[Fe+2].c1cc[cH-]c1. The van der Waals surface area contributed by atoms with Crippen LogP contribution in [0.2, 0.25) is 14.8 Å². The Morgan fingerprint density at radius 3 is 2.16 bits per heavy atom. The molecule has 0 N–H and O–H groups in total. The van der Waals surface area contributed by atoms with Gasteiger partial charge in [-0.2, -0.15) is 18.2 Å². The van der Waals surface area contributed by atoms with Crippen LogP contribution < -0.4 is 8.77 Å². The van der Waals surface area contributed by atoms with Crippen molar-refractivity contribution in [2.24, 2.45) is 0 Å². The van der Waals surface area contributed by atoms with Crippen molar-refractivity contribution in [2.45, 2.75) is 14.8 Å². The number of hydrogen-bond donors (Lipinski definition) is 0. The second-order valence-electron chi connectivity index (χ2n) is 6.66. The molecule has 3 aromatic rings. The van der Waals surface area contributed by atoms with E-state index in [9.17, 15) is 0 Å². The van der Waals surface area contributed by atoms with Crippen LogP contribution in [0.4, 0.5) is 0 Å². The molecule has 0 atom stereocenters. The first-order valence-corrected chi connectivity index (χ1v) is 18.6. The smallest absolute Gasteiger partial charge is 0.214 e. The van der Waals surface area contributed by atoms with Gasteiger partial charge >= 0.3 is 141 Å². The zero-order valence-electron chi connectivity index (χ0n) is 14.9. The molecular formula is C22H23FeSiSn. The van der Waals surface area contributed by atoms with Gasteiger partial charge in [0.1, 0.15) is 0 Å². The molecule has 127 valence electrons. The van der Waals surface area contributed by atoms with Crippen molar-refractivity contribution >= 4 is 49.5 Å². The molecule has 3 heteroatoms. The molecule has 0 nitrogen and oxygen atoms in total. The Bertz CT molecular complexity index is 769. The third kappa shape index (κ3) is 7.39. The average Bonchev–Trinajstić information content (AvgIpc) is 3.21. The van der Waals surface area contributed by atoms with Crippen LogP contribution in [0.15, 0.2) is 78.5 Å². The van der Waals surface area contributed by atoms with Gasteiger partial charge < -0.3 is 0 Å². The first kappa shape index (κ1) is 22.0. The van der Waals surface area contributed by atoms with Crippen LogP contribution in [0.25, 0.3) is 12.2 Å². The van der Waals surface area contributed by atoms with Crippen molar-refractivity contribution in [1.29, 1.82) is 0 Å².